The number of halogens is 3. The van der Waals surface area contributed by atoms with E-state index in [1.165, 1.54) is 12.1 Å². The molecule has 0 aliphatic heterocycles. The third kappa shape index (κ3) is 5.42. The van der Waals surface area contributed by atoms with E-state index in [9.17, 15) is 4.79 Å². The van der Waals surface area contributed by atoms with E-state index in [0.717, 1.165) is 5.56 Å². The summed E-state index contributed by atoms with van der Waals surface area (Å²) in [5.74, 6) is 1.18. The number of nitrogens with zero attached hydrogens (tertiary/aromatic N) is 1. The summed E-state index contributed by atoms with van der Waals surface area (Å²) < 4.78 is 10.6. The van der Waals surface area contributed by atoms with Gasteiger partial charge in [0, 0.05) is 18.2 Å². The third-order valence-electron chi connectivity index (χ3n) is 3.63. The normalized spacial score (nSPS) is 10.7. The second-order valence-corrected chi connectivity index (χ2v) is 6.87. The largest absolute Gasteiger partial charge is 0.497 e. The van der Waals surface area contributed by atoms with Crippen LogP contribution in [0.4, 0.5) is 5.69 Å². The number of hydrogen-bond donors (Lipinski definition) is 1. The highest BCUT2D eigenvalue weighted by atomic mass is 35.5. The minimum Gasteiger partial charge on any atom is -0.497 e. The molecule has 0 bridgehead atoms. The summed E-state index contributed by atoms with van der Waals surface area (Å²) in [6, 6.07) is 8.57. The molecule has 5 nitrogen and oxygen atoms in total. The fraction of sp³-hybridized carbons (Fsp3) is 0.278. The predicted octanol–water partition coefficient (Wildman–Crippen LogP) is 4.73. The maximum absolute atomic E-state index is 12.3. The van der Waals surface area contributed by atoms with Crippen molar-refractivity contribution in [2.75, 3.05) is 33.1 Å². The first-order chi connectivity index (χ1) is 12.3. The van der Waals surface area contributed by atoms with E-state index in [1.54, 1.807) is 20.3 Å². The number of amides is 1. The highest BCUT2D eigenvalue weighted by Gasteiger charge is 2.13. The highest BCUT2D eigenvalue weighted by Crippen LogP contribution is 2.32. The minimum absolute atomic E-state index is 0.158. The summed E-state index contributed by atoms with van der Waals surface area (Å²) in [5.41, 5.74) is 1.36. The number of anilines is 1. The molecule has 0 aliphatic carbocycles. The van der Waals surface area contributed by atoms with Gasteiger partial charge in [-0.2, -0.15) is 0 Å². The zero-order valence-electron chi connectivity index (χ0n) is 14.6. The van der Waals surface area contributed by atoms with Gasteiger partial charge in [0.05, 0.1) is 41.5 Å². The number of benzene rings is 2. The molecule has 0 unspecified atom stereocenters. The fourth-order valence-corrected chi connectivity index (χ4v) is 2.98. The Morgan fingerprint density at radius 3 is 2.38 bits per heavy atom. The molecule has 1 N–H and O–H groups in total. The lowest BCUT2D eigenvalue weighted by molar-refractivity contribution is -0.117. The lowest BCUT2D eigenvalue weighted by Gasteiger charge is -2.19. The van der Waals surface area contributed by atoms with E-state index >= 15 is 0 Å². The van der Waals surface area contributed by atoms with Crippen molar-refractivity contribution in [3.05, 3.63) is 51.0 Å². The zero-order chi connectivity index (χ0) is 19.3. The van der Waals surface area contributed by atoms with Gasteiger partial charge in [0.25, 0.3) is 0 Å². The summed E-state index contributed by atoms with van der Waals surface area (Å²) in [5, 5.41) is 3.71. The first-order valence-corrected chi connectivity index (χ1v) is 8.81. The number of carbonyl (C=O) groups excluding carboxylic acids is 1. The van der Waals surface area contributed by atoms with Crippen molar-refractivity contribution in [1.29, 1.82) is 0 Å². The average molecular weight is 418 g/mol. The van der Waals surface area contributed by atoms with Crippen LogP contribution in [0, 0.1) is 0 Å². The standard InChI is InChI=1S/C18H19Cl3N2O3/c1-23(9-11-4-5-12(25-2)6-17(11)26-3)10-18(24)22-16-8-14(20)13(19)7-15(16)21/h4-8H,9-10H2,1-3H3,(H,22,24). The Morgan fingerprint density at radius 2 is 1.73 bits per heavy atom. The monoisotopic (exact) mass is 416 g/mol. The summed E-state index contributed by atoms with van der Waals surface area (Å²) in [6.45, 7) is 0.682. The average Bonchev–Trinajstić information content (AvgIpc) is 2.59. The van der Waals surface area contributed by atoms with Gasteiger partial charge in [0.1, 0.15) is 11.5 Å². The van der Waals surface area contributed by atoms with Crippen LogP contribution in [0.3, 0.4) is 0 Å². The van der Waals surface area contributed by atoms with Gasteiger partial charge in [0.15, 0.2) is 0 Å². The van der Waals surface area contributed by atoms with Crippen LogP contribution in [-0.2, 0) is 11.3 Å². The number of likely N-dealkylation sites (N-methyl/N-ethyl adjacent to an activating group) is 1. The topological polar surface area (TPSA) is 50.8 Å². The predicted molar refractivity (Wildman–Crippen MR) is 106 cm³/mol. The van der Waals surface area contributed by atoms with Gasteiger partial charge in [-0.25, -0.2) is 0 Å². The Labute approximate surface area is 167 Å². The van der Waals surface area contributed by atoms with E-state index in [-0.39, 0.29) is 12.5 Å². The summed E-state index contributed by atoms with van der Waals surface area (Å²) in [7, 11) is 5.02. The Hall–Kier alpha value is -1.66. The molecule has 2 rings (SSSR count). The maximum Gasteiger partial charge on any atom is 0.238 e. The van der Waals surface area contributed by atoms with Gasteiger partial charge >= 0.3 is 0 Å². The van der Waals surface area contributed by atoms with Crippen LogP contribution in [0.15, 0.2) is 30.3 Å². The first-order valence-electron chi connectivity index (χ1n) is 7.68. The van der Waals surface area contributed by atoms with E-state index in [2.05, 4.69) is 5.32 Å². The maximum atomic E-state index is 12.3. The number of hydrogen-bond acceptors (Lipinski definition) is 4. The molecule has 0 aromatic heterocycles. The zero-order valence-corrected chi connectivity index (χ0v) is 16.9. The van der Waals surface area contributed by atoms with E-state index in [4.69, 9.17) is 44.3 Å². The van der Waals surface area contributed by atoms with Gasteiger partial charge in [-0.1, -0.05) is 40.9 Å². The number of ether oxygens (including phenoxy) is 2. The minimum atomic E-state index is -0.222. The molecule has 0 spiro atoms. The number of nitrogens with one attached hydrogen (secondary N) is 1. The Balaban J connectivity index is 2.00. The van der Waals surface area contributed by atoms with Gasteiger partial charge in [-0.3, -0.25) is 9.69 Å². The van der Waals surface area contributed by atoms with Gasteiger partial charge < -0.3 is 14.8 Å². The van der Waals surface area contributed by atoms with Crippen molar-refractivity contribution >= 4 is 46.4 Å². The van der Waals surface area contributed by atoms with E-state index in [0.29, 0.717) is 38.8 Å². The van der Waals surface area contributed by atoms with Crippen molar-refractivity contribution in [1.82, 2.24) is 4.90 Å². The molecule has 0 aliphatic rings. The van der Waals surface area contributed by atoms with Crippen molar-refractivity contribution < 1.29 is 14.3 Å². The lowest BCUT2D eigenvalue weighted by Crippen LogP contribution is -2.30. The molecule has 0 heterocycles. The summed E-state index contributed by atoms with van der Waals surface area (Å²) >= 11 is 17.9. The smallest absolute Gasteiger partial charge is 0.238 e. The van der Waals surface area contributed by atoms with Crippen LogP contribution in [0.5, 0.6) is 11.5 Å². The summed E-state index contributed by atoms with van der Waals surface area (Å²) in [6.07, 6.45) is 0. The van der Waals surface area contributed by atoms with Crippen LogP contribution < -0.4 is 14.8 Å². The molecule has 0 saturated heterocycles. The molecule has 26 heavy (non-hydrogen) atoms. The van der Waals surface area contributed by atoms with Crippen LogP contribution in [0.1, 0.15) is 5.56 Å². The second kappa shape index (κ2) is 9.33. The van der Waals surface area contributed by atoms with Gasteiger partial charge in [-0.05, 0) is 25.2 Å². The Morgan fingerprint density at radius 1 is 1.04 bits per heavy atom. The van der Waals surface area contributed by atoms with E-state index < -0.39 is 0 Å². The molecule has 1 amide bonds. The van der Waals surface area contributed by atoms with Crippen LogP contribution >= 0.6 is 34.8 Å². The SMILES string of the molecule is COc1ccc(CN(C)CC(=O)Nc2cc(Cl)c(Cl)cc2Cl)c(OC)c1. The number of rotatable bonds is 7. The molecular weight excluding hydrogens is 399 g/mol. The molecule has 0 atom stereocenters. The molecule has 0 fully saturated rings. The third-order valence-corrected chi connectivity index (χ3v) is 4.67. The molecule has 8 heteroatoms. The van der Waals surface area contributed by atoms with E-state index in [1.807, 2.05) is 24.1 Å². The second-order valence-electron chi connectivity index (χ2n) is 5.64. The molecule has 140 valence electrons. The van der Waals surface area contributed by atoms with Crippen molar-refractivity contribution in [2.24, 2.45) is 0 Å². The Kier molecular flexibility index (Phi) is 7.41. The fourth-order valence-electron chi connectivity index (χ4n) is 2.38. The Bertz CT molecular complexity index is 799. The van der Waals surface area contributed by atoms with Crippen LogP contribution in [-0.4, -0.2) is 38.6 Å². The molecular formula is C18H19Cl3N2O3. The molecule has 2 aromatic carbocycles. The van der Waals surface area contributed by atoms with Crippen LogP contribution in [0.2, 0.25) is 15.1 Å². The first kappa shape index (κ1) is 20.6. The molecule has 0 saturated carbocycles. The molecule has 2 aromatic rings. The summed E-state index contributed by atoms with van der Waals surface area (Å²) in [4.78, 5) is 14.1. The van der Waals surface area contributed by atoms with Crippen LogP contribution in [0.25, 0.3) is 0 Å². The van der Waals surface area contributed by atoms with Gasteiger partial charge in [0.2, 0.25) is 5.91 Å². The molecule has 0 radical (unpaired) electrons. The number of carbonyl (C=O) groups is 1. The van der Waals surface area contributed by atoms with Crippen molar-refractivity contribution in [3.8, 4) is 11.5 Å². The van der Waals surface area contributed by atoms with Crippen molar-refractivity contribution in [2.45, 2.75) is 6.54 Å². The highest BCUT2D eigenvalue weighted by molar-refractivity contribution is 6.44. The van der Waals surface area contributed by atoms with Gasteiger partial charge in [-0.15, -0.1) is 0 Å². The quantitative estimate of drug-likeness (QED) is 0.661. The van der Waals surface area contributed by atoms with Crippen molar-refractivity contribution in [3.63, 3.8) is 0 Å². The lowest BCUT2D eigenvalue weighted by atomic mass is 10.2. The number of methoxy groups -OCH3 is 2.